The molecular formula is C10H8N4OS. The van der Waals surface area contributed by atoms with Gasteiger partial charge in [-0.3, -0.25) is 4.79 Å². The van der Waals surface area contributed by atoms with E-state index in [0.29, 0.717) is 21.4 Å². The van der Waals surface area contributed by atoms with Crippen molar-refractivity contribution in [3.63, 3.8) is 0 Å². The summed E-state index contributed by atoms with van der Waals surface area (Å²) in [5.74, 6) is -0.473. The summed E-state index contributed by atoms with van der Waals surface area (Å²) in [7, 11) is 0. The number of aromatic nitrogens is 2. The lowest BCUT2D eigenvalue weighted by atomic mass is 10.2. The van der Waals surface area contributed by atoms with Gasteiger partial charge in [-0.05, 0) is 24.4 Å². The zero-order chi connectivity index (χ0) is 11.7. The molecular weight excluding hydrogens is 224 g/mol. The highest BCUT2D eigenvalue weighted by atomic mass is 32.1. The highest BCUT2D eigenvalue weighted by Gasteiger charge is 2.09. The molecule has 0 aliphatic carbocycles. The number of hydrogen-bond donors (Lipinski definition) is 2. The number of rotatable bonds is 2. The summed E-state index contributed by atoms with van der Waals surface area (Å²) < 4.78 is 1.96. The molecule has 2 rings (SSSR count). The minimum absolute atomic E-state index is 0.00765. The number of aromatic amines is 1. The number of H-pyrrole nitrogens is 1. The van der Waals surface area contributed by atoms with Crippen LogP contribution < -0.4 is 5.73 Å². The van der Waals surface area contributed by atoms with Gasteiger partial charge >= 0.3 is 0 Å². The lowest BCUT2D eigenvalue weighted by Crippen LogP contribution is -2.18. The van der Waals surface area contributed by atoms with Gasteiger partial charge in [0.2, 0.25) is 5.91 Å². The Hall–Kier alpha value is -2.13. The lowest BCUT2D eigenvalue weighted by Gasteiger charge is -2.00. The Bertz CT molecular complexity index is 661. The van der Waals surface area contributed by atoms with Crippen LogP contribution in [0.25, 0.3) is 11.0 Å². The molecule has 0 bridgehead atoms. The van der Waals surface area contributed by atoms with E-state index in [1.165, 1.54) is 0 Å². The van der Waals surface area contributed by atoms with Gasteiger partial charge in [0.25, 0.3) is 0 Å². The van der Waals surface area contributed by atoms with Crippen molar-refractivity contribution in [3.8, 4) is 6.07 Å². The molecule has 2 aromatic rings. The van der Waals surface area contributed by atoms with Gasteiger partial charge in [-0.15, -0.1) is 0 Å². The van der Waals surface area contributed by atoms with E-state index in [1.54, 1.807) is 22.8 Å². The molecule has 5 nitrogen and oxygen atoms in total. The van der Waals surface area contributed by atoms with Crippen LogP contribution in [-0.4, -0.2) is 15.5 Å². The van der Waals surface area contributed by atoms with Gasteiger partial charge in [0.05, 0.1) is 16.6 Å². The number of imidazole rings is 1. The molecule has 0 radical (unpaired) electrons. The number of carbonyl (C=O) groups excluding carboxylic acids is 1. The summed E-state index contributed by atoms with van der Waals surface area (Å²) in [4.78, 5) is 13.8. The first-order chi connectivity index (χ1) is 7.63. The van der Waals surface area contributed by atoms with E-state index in [2.05, 4.69) is 11.1 Å². The van der Waals surface area contributed by atoms with Crippen molar-refractivity contribution in [2.45, 2.75) is 6.54 Å². The fraction of sp³-hybridized carbons (Fsp3) is 0.100. The predicted molar refractivity (Wildman–Crippen MR) is 61.0 cm³/mol. The molecule has 0 unspecified atom stereocenters. The normalized spacial score (nSPS) is 10.2. The number of fused-ring (bicyclic) bond motifs is 1. The molecule has 1 aromatic carbocycles. The summed E-state index contributed by atoms with van der Waals surface area (Å²) in [5, 5.41) is 8.91. The van der Waals surface area contributed by atoms with Crippen LogP contribution in [0, 0.1) is 16.1 Å². The van der Waals surface area contributed by atoms with E-state index in [1.807, 2.05) is 0 Å². The summed E-state index contributed by atoms with van der Waals surface area (Å²) in [6, 6.07) is 7.26. The fourth-order valence-corrected chi connectivity index (χ4v) is 1.85. The van der Waals surface area contributed by atoms with Crippen LogP contribution in [0.2, 0.25) is 0 Å². The van der Waals surface area contributed by atoms with Crippen molar-refractivity contribution in [1.29, 1.82) is 5.26 Å². The molecule has 0 aliphatic heterocycles. The van der Waals surface area contributed by atoms with Crippen molar-refractivity contribution >= 4 is 29.2 Å². The van der Waals surface area contributed by atoms with Crippen molar-refractivity contribution < 1.29 is 4.79 Å². The summed E-state index contributed by atoms with van der Waals surface area (Å²) in [5.41, 5.74) is 6.97. The number of para-hydroxylation sites is 1. The summed E-state index contributed by atoms with van der Waals surface area (Å²) in [6.45, 7) is 0.00765. The van der Waals surface area contributed by atoms with E-state index >= 15 is 0 Å². The Kier molecular flexibility index (Phi) is 2.46. The molecule has 1 aromatic heterocycles. The number of carbonyl (C=O) groups is 1. The maximum Gasteiger partial charge on any atom is 0.237 e. The number of nitrogens with two attached hydrogens (primary N) is 1. The quantitative estimate of drug-likeness (QED) is 0.759. The molecule has 1 amide bonds. The molecule has 0 saturated carbocycles. The number of hydrogen-bond acceptors (Lipinski definition) is 3. The van der Waals surface area contributed by atoms with Crippen LogP contribution in [0.5, 0.6) is 0 Å². The van der Waals surface area contributed by atoms with Gasteiger partial charge in [-0.1, -0.05) is 6.07 Å². The second kappa shape index (κ2) is 3.79. The topological polar surface area (TPSA) is 87.6 Å². The number of nitriles is 1. The minimum Gasteiger partial charge on any atom is -0.368 e. The molecule has 0 spiro atoms. The van der Waals surface area contributed by atoms with Crippen LogP contribution in [-0.2, 0) is 11.3 Å². The van der Waals surface area contributed by atoms with Gasteiger partial charge in [0.15, 0.2) is 4.77 Å². The van der Waals surface area contributed by atoms with Crippen LogP contribution in [0.4, 0.5) is 0 Å². The third-order valence-corrected chi connectivity index (χ3v) is 2.57. The average Bonchev–Trinajstić information content (AvgIpc) is 2.55. The third kappa shape index (κ3) is 1.57. The first kappa shape index (κ1) is 10.4. The zero-order valence-corrected chi connectivity index (χ0v) is 9.04. The maximum absolute atomic E-state index is 10.9. The molecule has 1 heterocycles. The number of benzene rings is 1. The number of amides is 1. The van der Waals surface area contributed by atoms with Gasteiger partial charge < -0.3 is 15.3 Å². The third-order valence-electron chi connectivity index (χ3n) is 2.24. The SMILES string of the molecule is N#Cc1cccc2c1[nH]c(=S)n2CC(N)=O. The Labute approximate surface area is 96.1 Å². The van der Waals surface area contributed by atoms with E-state index in [4.69, 9.17) is 23.2 Å². The fourth-order valence-electron chi connectivity index (χ4n) is 1.59. The van der Waals surface area contributed by atoms with Crippen molar-refractivity contribution in [3.05, 3.63) is 28.5 Å². The molecule has 80 valence electrons. The van der Waals surface area contributed by atoms with E-state index in [-0.39, 0.29) is 6.54 Å². The average molecular weight is 232 g/mol. The Morgan fingerprint density at radius 1 is 1.62 bits per heavy atom. The van der Waals surface area contributed by atoms with Crippen molar-refractivity contribution in [1.82, 2.24) is 9.55 Å². The number of nitrogens with zero attached hydrogens (tertiary/aromatic N) is 2. The highest BCUT2D eigenvalue weighted by Crippen LogP contribution is 2.17. The molecule has 0 aliphatic rings. The maximum atomic E-state index is 10.9. The van der Waals surface area contributed by atoms with Crippen LogP contribution in [0.15, 0.2) is 18.2 Å². The largest absolute Gasteiger partial charge is 0.368 e. The van der Waals surface area contributed by atoms with E-state index in [0.717, 1.165) is 0 Å². The van der Waals surface area contributed by atoms with Gasteiger partial charge in [-0.25, -0.2) is 0 Å². The smallest absolute Gasteiger partial charge is 0.237 e. The molecule has 6 heteroatoms. The molecule has 0 saturated heterocycles. The summed E-state index contributed by atoms with van der Waals surface area (Å²) in [6.07, 6.45) is 0. The van der Waals surface area contributed by atoms with E-state index < -0.39 is 5.91 Å². The van der Waals surface area contributed by atoms with Crippen molar-refractivity contribution in [2.75, 3.05) is 0 Å². The van der Waals surface area contributed by atoms with Crippen molar-refractivity contribution in [2.24, 2.45) is 5.73 Å². The van der Waals surface area contributed by atoms with Gasteiger partial charge in [0, 0.05) is 0 Å². The zero-order valence-electron chi connectivity index (χ0n) is 8.23. The Morgan fingerprint density at radius 2 is 2.38 bits per heavy atom. The standard InChI is InChI=1S/C10H8N4OS/c11-4-6-2-1-3-7-9(6)13-10(16)14(7)5-8(12)15/h1-3H,5H2,(H2,12,15)(H,13,16). The van der Waals surface area contributed by atoms with Crippen LogP contribution in [0.3, 0.4) is 0 Å². The Balaban J connectivity index is 2.77. The molecule has 16 heavy (non-hydrogen) atoms. The molecule has 3 N–H and O–H groups in total. The predicted octanol–water partition coefficient (Wildman–Crippen LogP) is 1.06. The van der Waals surface area contributed by atoms with Gasteiger partial charge in [-0.2, -0.15) is 5.26 Å². The van der Waals surface area contributed by atoms with Gasteiger partial charge in [0.1, 0.15) is 12.6 Å². The first-order valence-electron chi connectivity index (χ1n) is 4.53. The van der Waals surface area contributed by atoms with E-state index in [9.17, 15) is 4.79 Å². The number of primary amides is 1. The summed E-state index contributed by atoms with van der Waals surface area (Å²) >= 11 is 5.07. The minimum atomic E-state index is -0.473. The first-order valence-corrected chi connectivity index (χ1v) is 4.94. The number of nitrogens with one attached hydrogen (secondary N) is 1. The Morgan fingerprint density at radius 3 is 3.00 bits per heavy atom. The molecule has 0 fully saturated rings. The highest BCUT2D eigenvalue weighted by molar-refractivity contribution is 7.71. The second-order valence-corrected chi connectivity index (χ2v) is 3.68. The molecule has 0 atom stereocenters. The monoisotopic (exact) mass is 232 g/mol. The second-order valence-electron chi connectivity index (χ2n) is 3.29. The lowest BCUT2D eigenvalue weighted by molar-refractivity contribution is -0.118. The van der Waals surface area contributed by atoms with Crippen LogP contribution >= 0.6 is 12.2 Å². The van der Waals surface area contributed by atoms with Crippen LogP contribution in [0.1, 0.15) is 5.56 Å².